The summed E-state index contributed by atoms with van der Waals surface area (Å²) in [6.45, 7) is 5.31. The summed E-state index contributed by atoms with van der Waals surface area (Å²) in [5.41, 5.74) is 22.1. The van der Waals surface area contributed by atoms with Crippen molar-refractivity contribution >= 4 is 41.6 Å². The van der Waals surface area contributed by atoms with E-state index in [0.29, 0.717) is 12.0 Å². The monoisotopic (exact) mass is 680 g/mol. The Kier molecular flexibility index (Phi) is 17.9. The molecule has 0 heterocycles. The molecule has 48 heavy (non-hydrogen) atoms. The number of hydrogen-bond acceptors (Lipinski definition) is 8. The molecule has 0 saturated heterocycles. The topological polar surface area (TPSA) is 296 Å². The normalized spacial score (nSPS) is 14.0. The molecule has 0 saturated carbocycles. The van der Waals surface area contributed by atoms with Gasteiger partial charge in [0.2, 0.25) is 29.5 Å². The van der Waals surface area contributed by atoms with Gasteiger partial charge in [-0.1, -0.05) is 26.0 Å². The van der Waals surface area contributed by atoms with Crippen LogP contribution < -0.4 is 54.8 Å². The first-order valence-corrected chi connectivity index (χ1v) is 15.6. The van der Waals surface area contributed by atoms with E-state index in [1.807, 2.05) is 13.8 Å². The van der Waals surface area contributed by atoms with E-state index >= 15 is 0 Å². The fourth-order valence-corrected chi connectivity index (χ4v) is 4.46. The van der Waals surface area contributed by atoms with Crippen LogP contribution in [-0.4, -0.2) is 84.9 Å². The number of nitrogens with one attached hydrogen (secondary N) is 6. The van der Waals surface area contributed by atoms with E-state index in [4.69, 9.17) is 22.9 Å². The number of hydrogen-bond donors (Lipinski definition) is 10. The molecule has 9 amide bonds. The summed E-state index contributed by atoms with van der Waals surface area (Å²) in [5, 5.41) is 15.0. The molecular weight excluding hydrogens is 631 g/mol. The standard InChI is InChI=1S/C30H49FN10O7/c1-16(2)14-23(28(46)38-17(3)25(43)40-22(24(33)42)15-18-8-10-19(31)11-9-18)41-27(45)21(7-5-13-37-30(35)48)39-26(44)20(32)6-4-12-36-29(34)47/h8-11,16-17,20-23H,4-7,12-15,32H2,1-3H3,(H2,33,42)(H,38,46)(H,39,44)(H,40,43)(H,41,45)(H3,34,36,47)(H3,35,37,48)/t17-,20-,21-,22-,23-/m0/s1. The SMILES string of the molecule is CC(C)C[C@H](NC(=O)[C@H](CCCNC(N)=O)NC(=O)[C@@H](N)CCCNC(N)=O)C(=O)N[C@@H](C)C(=O)N[C@@H](Cc1ccc(F)cc1)C(N)=O. The molecule has 1 aromatic rings. The van der Waals surface area contributed by atoms with Gasteiger partial charge in [-0.2, -0.15) is 0 Å². The van der Waals surface area contributed by atoms with Gasteiger partial charge in [0.15, 0.2) is 0 Å². The second kappa shape index (κ2) is 21.0. The van der Waals surface area contributed by atoms with Crippen molar-refractivity contribution < 1.29 is 38.0 Å². The van der Waals surface area contributed by atoms with Crippen LogP contribution in [-0.2, 0) is 30.4 Å². The Bertz CT molecular complexity index is 1260. The molecule has 5 atom stereocenters. The molecule has 1 rings (SSSR count). The summed E-state index contributed by atoms with van der Waals surface area (Å²) < 4.78 is 13.3. The zero-order chi connectivity index (χ0) is 36.4. The number of carbonyl (C=O) groups excluding carboxylic acids is 7. The Morgan fingerprint density at radius 2 is 1.17 bits per heavy atom. The molecule has 0 unspecified atom stereocenters. The summed E-state index contributed by atoms with van der Waals surface area (Å²) in [5.74, 6) is -4.19. The van der Waals surface area contributed by atoms with E-state index in [-0.39, 0.29) is 51.1 Å². The molecule has 268 valence electrons. The minimum absolute atomic E-state index is 0.00988. The third-order valence-corrected chi connectivity index (χ3v) is 7.03. The lowest BCUT2D eigenvalue weighted by Crippen LogP contribution is -2.58. The third-order valence-electron chi connectivity index (χ3n) is 7.03. The van der Waals surface area contributed by atoms with Crippen LogP contribution in [0.2, 0.25) is 0 Å². The van der Waals surface area contributed by atoms with Crippen molar-refractivity contribution in [2.45, 2.75) is 89.5 Å². The summed E-state index contributed by atoms with van der Waals surface area (Å²) in [6, 6.07) is -1.80. The molecule has 0 aliphatic carbocycles. The molecule has 14 N–H and O–H groups in total. The number of rotatable bonds is 21. The lowest BCUT2D eigenvalue weighted by molar-refractivity contribution is -0.134. The van der Waals surface area contributed by atoms with Crippen molar-refractivity contribution in [2.75, 3.05) is 13.1 Å². The van der Waals surface area contributed by atoms with Gasteiger partial charge < -0.3 is 54.8 Å². The van der Waals surface area contributed by atoms with Crippen LogP contribution >= 0.6 is 0 Å². The molecule has 0 aliphatic heterocycles. The Morgan fingerprint density at radius 1 is 0.667 bits per heavy atom. The van der Waals surface area contributed by atoms with Gasteiger partial charge in [0.25, 0.3) is 0 Å². The van der Waals surface area contributed by atoms with Gasteiger partial charge in [-0.25, -0.2) is 14.0 Å². The van der Waals surface area contributed by atoms with Crippen LogP contribution in [0.25, 0.3) is 0 Å². The maximum Gasteiger partial charge on any atom is 0.312 e. The van der Waals surface area contributed by atoms with Crippen LogP contribution in [0.15, 0.2) is 24.3 Å². The predicted molar refractivity (Wildman–Crippen MR) is 174 cm³/mol. The highest BCUT2D eigenvalue weighted by Crippen LogP contribution is 2.09. The van der Waals surface area contributed by atoms with Crippen LogP contribution in [0, 0.1) is 11.7 Å². The first-order valence-electron chi connectivity index (χ1n) is 15.6. The Morgan fingerprint density at radius 3 is 1.69 bits per heavy atom. The van der Waals surface area contributed by atoms with Gasteiger partial charge in [-0.15, -0.1) is 0 Å². The van der Waals surface area contributed by atoms with Crippen LogP contribution in [0.1, 0.15) is 58.4 Å². The van der Waals surface area contributed by atoms with Crippen molar-refractivity contribution in [3.8, 4) is 0 Å². The summed E-state index contributed by atoms with van der Waals surface area (Å²) in [4.78, 5) is 86.4. The fourth-order valence-electron chi connectivity index (χ4n) is 4.46. The largest absolute Gasteiger partial charge is 0.368 e. The second-order valence-corrected chi connectivity index (χ2v) is 11.7. The van der Waals surface area contributed by atoms with E-state index in [9.17, 15) is 38.0 Å². The molecule has 17 nitrogen and oxygen atoms in total. The summed E-state index contributed by atoms with van der Waals surface area (Å²) in [7, 11) is 0. The highest BCUT2D eigenvalue weighted by Gasteiger charge is 2.30. The summed E-state index contributed by atoms with van der Waals surface area (Å²) >= 11 is 0. The number of urea groups is 2. The van der Waals surface area contributed by atoms with E-state index < -0.39 is 77.6 Å². The van der Waals surface area contributed by atoms with Gasteiger partial charge in [0.1, 0.15) is 30.0 Å². The van der Waals surface area contributed by atoms with Gasteiger partial charge in [0.05, 0.1) is 6.04 Å². The number of primary amides is 3. The maximum atomic E-state index is 13.4. The smallest absolute Gasteiger partial charge is 0.312 e. The molecule has 18 heteroatoms. The molecule has 0 bridgehead atoms. The average molecular weight is 681 g/mol. The second-order valence-electron chi connectivity index (χ2n) is 11.7. The van der Waals surface area contributed by atoms with Crippen LogP contribution in [0.4, 0.5) is 14.0 Å². The number of nitrogens with two attached hydrogens (primary N) is 4. The minimum atomic E-state index is -1.16. The van der Waals surface area contributed by atoms with E-state index in [1.165, 1.54) is 31.2 Å². The third kappa shape index (κ3) is 16.5. The first kappa shape index (κ1) is 41.0. The average Bonchev–Trinajstić information content (AvgIpc) is 3.00. The Balaban J connectivity index is 2.97. The number of carbonyl (C=O) groups is 7. The van der Waals surface area contributed by atoms with Gasteiger partial charge in [0, 0.05) is 19.5 Å². The zero-order valence-corrected chi connectivity index (χ0v) is 27.5. The highest BCUT2D eigenvalue weighted by molar-refractivity contribution is 5.95. The first-order chi connectivity index (χ1) is 22.5. The fraction of sp³-hybridized carbons (Fsp3) is 0.567. The molecule has 1 aromatic carbocycles. The predicted octanol–water partition coefficient (Wildman–Crippen LogP) is -1.92. The quantitative estimate of drug-likeness (QED) is 0.0652. The molecule has 0 radical (unpaired) electrons. The van der Waals surface area contributed by atoms with Crippen LogP contribution in [0.3, 0.4) is 0 Å². The summed E-state index contributed by atoms with van der Waals surface area (Å²) in [6.07, 6.45) is 0.941. The Hall–Kier alpha value is -5.00. The van der Waals surface area contributed by atoms with Crippen molar-refractivity contribution in [3.63, 3.8) is 0 Å². The number of amides is 9. The zero-order valence-electron chi connectivity index (χ0n) is 27.5. The maximum absolute atomic E-state index is 13.4. The van der Waals surface area contributed by atoms with Crippen molar-refractivity contribution in [3.05, 3.63) is 35.6 Å². The Labute approximate surface area is 278 Å². The number of halogens is 1. The number of benzene rings is 1. The molecule has 0 aliphatic rings. The lowest BCUT2D eigenvalue weighted by Gasteiger charge is -2.26. The van der Waals surface area contributed by atoms with E-state index in [2.05, 4.69) is 31.9 Å². The molecular formula is C30H49FN10O7. The molecule has 0 spiro atoms. The van der Waals surface area contributed by atoms with Crippen LogP contribution in [0.5, 0.6) is 0 Å². The van der Waals surface area contributed by atoms with Crippen molar-refractivity contribution in [1.82, 2.24) is 31.9 Å². The minimum Gasteiger partial charge on any atom is -0.368 e. The van der Waals surface area contributed by atoms with Gasteiger partial charge in [-0.05, 0) is 62.6 Å². The van der Waals surface area contributed by atoms with Crippen molar-refractivity contribution in [1.29, 1.82) is 0 Å². The van der Waals surface area contributed by atoms with E-state index in [1.54, 1.807) is 0 Å². The van der Waals surface area contributed by atoms with Gasteiger partial charge >= 0.3 is 12.1 Å². The molecule has 0 aromatic heterocycles. The van der Waals surface area contributed by atoms with Gasteiger partial charge in [-0.3, -0.25) is 24.0 Å². The lowest BCUT2D eigenvalue weighted by atomic mass is 10.0. The molecule has 0 fully saturated rings. The van der Waals surface area contributed by atoms with E-state index in [0.717, 1.165) is 0 Å². The highest BCUT2D eigenvalue weighted by atomic mass is 19.1. The van der Waals surface area contributed by atoms with Crippen molar-refractivity contribution in [2.24, 2.45) is 28.9 Å².